The van der Waals surface area contributed by atoms with Gasteiger partial charge >= 0.3 is 0 Å². The maximum Gasteiger partial charge on any atom is 0.257 e. The van der Waals surface area contributed by atoms with Crippen LogP contribution in [-0.2, 0) is 0 Å². The molecule has 0 bridgehead atoms. The van der Waals surface area contributed by atoms with Gasteiger partial charge in [-0.25, -0.2) is 4.68 Å². The number of hydrogen-bond donors (Lipinski definition) is 1. The van der Waals surface area contributed by atoms with Crippen molar-refractivity contribution in [1.29, 1.82) is 0 Å². The third kappa shape index (κ3) is 3.23. The Morgan fingerprint density at radius 1 is 1.41 bits per heavy atom. The van der Waals surface area contributed by atoms with Crippen molar-refractivity contribution in [2.45, 2.75) is 18.9 Å². The van der Waals surface area contributed by atoms with Crippen LogP contribution in [0.2, 0.25) is 0 Å². The molecule has 22 heavy (non-hydrogen) atoms. The summed E-state index contributed by atoms with van der Waals surface area (Å²) in [6.07, 6.45) is 5.44. The molecule has 0 atom stereocenters. The molecule has 0 aliphatic carbocycles. The number of rotatable bonds is 3. The third-order valence-corrected chi connectivity index (χ3v) is 4.57. The molecule has 1 aliphatic heterocycles. The van der Waals surface area contributed by atoms with E-state index in [2.05, 4.69) is 26.3 Å². The van der Waals surface area contributed by atoms with E-state index in [9.17, 15) is 4.79 Å². The Morgan fingerprint density at radius 3 is 2.91 bits per heavy atom. The highest BCUT2D eigenvalue weighted by molar-refractivity contribution is 9.10. The summed E-state index contributed by atoms with van der Waals surface area (Å²) in [4.78, 5) is 14.4. The van der Waals surface area contributed by atoms with Gasteiger partial charge in [-0.15, -0.1) is 0 Å². The Bertz CT molecular complexity index is 664. The molecule has 6 heteroatoms. The molecule has 2 heterocycles. The molecule has 0 radical (unpaired) electrons. The summed E-state index contributed by atoms with van der Waals surface area (Å²) >= 11 is 3.45. The fourth-order valence-electron chi connectivity index (χ4n) is 2.76. The van der Waals surface area contributed by atoms with Crippen LogP contribution in [0.25, 0.3) is 5.69 Å². The highest BCUT2D eigenvalue weighted by Gasteiger charge is 2.23. The van der Waals surface area contributed by atoms with Crippen LogP contribution in [0.5, 0.6) is 0 Å². The van der Waals surface area contributed by atoms with E-state index in [0.717, 1.165) is 36.1 Å². The van der Waals surface area contributed by atoms with Gasteiger partial charge in [0.2, 0.25) is 0 Å². The Hall–Kier alpha value is -1.66. The molecule has 0 unspecified atom stereocenters. The van der Waals surface area contributed by atoms with Crippen LogP contribution in [0.3, 0.4) is 0 Å². The van der Waals surface area contributed by atoms with Gasteiger partial charge in [0.15, 0.2) is 0 Å². The highest BCUT2D eigenvalue weighted by atomic mass is 79.9. The zero-order chi connectivity index (χ0) is 15.5. The Morgan fingerprint density at radius 2 is 2.18 bits per heavy atom. The number of halogens is 1. The average molecular weight is 363 g/mol. The van der Waals surface area contributed by atoms with E-state index in [-0.39, 0.29) is 5.91 Å². The van der Waals surface area contributed by atoms with Gasteiger partial charge in [0.1, 0.15) is 0 Å². The van der Waals surface area contributed by atoms with Crippen molar-refractivity contribution >= 4 is 21.8 Å². The molecule has 0 spiro atoms. The first-order chi connectivity index (χ1) is 10.6. The third-order valence-electron chi connectivity index (χ3n) is 4.08. The van der Waals surface area contributed by atoms with E-state index in [4.69, 9.17) is 0 Å². The van der Waals surface area contributed by atoms with Crippen molar-refractivity contribution in [1.82, 2.24) is 20.0 Å². The van der Waals surface area contributed by atoms with Crippen molar-refractivity contribution in [2.24, 2.45) is 0 Å². The van der Waals surface area contributed by atoms with E-state index in [1.807, 2.05) is 36.2 Å². The number of nitrogens with zero attached hydrogens (tertiary/aromatic N) is 3. The van der Waals surface area contributed by atoms with Crippen molar-refractivity contribution in [3.05, 3.63) is 46.7 Å². The topological polar surface area (TPSA) is 50.2 Å². The molecule has 3 rings (SSSR count). The Labute approximate surface area is 138 Å². The fraction of sp³-hybridized carbons (Fsp3) is 0.375. The smallest absolute Gasteiger partial charge is 0.257 e. The first kappa shape index (κ1) is 15.2. The second-order valence-corrected chi connectivity index (χ2v) is 6.47. The monoisotopic (exact) mass is 362 g/mol. The van der Waals surface area contributed by atoms with Crippen LogP contribution >= 0.6 is 15.9 Å². The molecular weight excluding hydrogens is 344 g/mol. The van der Waals surface area contributed by atoms with Crippen LogP contribution in [0, 0.1) is 0 Å². The lowest BCUT2D eigenvalue weighted by Crippen LogP contribution is -2.43. The first-order valence-electron chi connectivity index (χ1n) is 7.43. The summed E-state index contributed by atoms with van der Waals surface area (Å²) in [6, 6.07) is 8.15. The molecule has 1 aromatic carbocycles. The van der Waals surface area contributed by atoms with Crippen LogP contribution in [0.4, 0.5) is 0 Å². The van der Waals surface area contributed by atoms with Crippen LogP contribution in [-0.4, -0.2) is 46.8 Å². The molecule has 5 nitrogen and oxygen atoms in total. The maximum atomic E-state index is 12.6. The predicted molar refractivity (Wildman–Crippen MR) is 89.2 cm³/mol. The molecule has 1 fully saturated rings. The summed E-state index contributed by atoms with van der Waals surface area (Å²) in [5, 5.41) is 7.63. The highest BCUT2D eigenvalue weighted by Crippen LogP contribution is 2.17. The van der Waals surface area contributed by atoms with Crippen LogP contribution < -0.4 is 5.32 Å². The van der Waals surface area contributed by atoms with E-state index in [1.54, 1.807) is 17.1 Å². The number of benzene rings is 1. The summed E-state index contributed by atoms with van der Waals surface area (Å²) in [5.41, 5.74) is 1.55. The van der Waals surface area contributed by atoms with Gasteiger partial charge in [-0.3, -0.25) is 4.79 Å². The molecule has 0 saturated carbocycles. The summed E-state index contributed by atoms with van der Waals surface area (Å²) in [5.74, 6) is 0.0353. The Balaban J connectivity index is 1.76. The van der Waals surface area contributed by atoms with Gasteiger partial charge in [-0.2, -0.15) is 5.10 Å². The van der Waals surface area contributed by atoms with Gasteiger partial charge in [-0.1, -0.05) is 22.0 Å². The summed E-state index contributed by atoms with van der Waals surface area (Å²) in [6.45, 7) is 1.94. The van der Waals surface area contributed by atoms with E-state index >= 15 is 0 Å². The van der Waals surface area contributed by atoms with Gasteiger partial charge in [-0.05, 0) is 44.1 Å². The normalized spacial score (nSPS) is 15.7. The van der Waals surface area contributed by atoms with Crippen LogP contribution in [0.1, 0.15) is 23.2 Å². The first-order valence-corrected chi connectivity index (χ1v) is 8.23. The fourth-order valence-corrected chi connectivity index (χ4v) is 3.14. The zero-order valence-electron chi connectivity index (χ0n) is 12.5. The minimum atomic E-state index is 0.0353. The second-order valence-electron chi connectivity index (χ2n) is 5.55. The second kappa shape index (κ2) is 6.62. The quantitative estimate of drug-likeness (QED) is 0.912. The van der Waals surface area contributed by atoms with Gasteiger partial charge in [0.25, 0.3) is 5.91 Å². The van der Waals surface area contributed by atoms with Crippen molar-refractivity contribution in [3.8, 4) is 5.69 Å². The molecule has 116 valence electrons. The molecule has 1 amide bonds. The lowest BCUT2D eigenvalue weighted by Gasteiger charge is -2.31. The number of carbonyl (C=O) groups excluding carboxylic acids is 1. The van der Waals surface area contributed by atoms with Gasteiger partial charge in [0.05, 0.1) is 17.4 Å². The van der Waals surface area contributed by atoms with Gasteiger partial charge in [0, 0.05) is 23.8 Å². The number of nitrogens with one attached hydrogen (secondary N) is 1. The van der Waals surface area contributed by atoms with E-state index in [0.29, 0.717) is 11.6 Å². The minimum absolute atomic E-state index is 0.0353. The molecule has 2 aromatic rings. The standard InChI is InChI=1S/C16H19BrN4O/c1-20(14-5-7-18-8-6-14)16(22)12-10-19-21(11-12)15-4-2-3-13(17)9-15/h2-4,9-11,14,18H,5-8H2,1H3. The molecule has 1 N–H and O–H groups in total. The minimum Gasteiger partial charge on any atom is -0.339 e. The summed E-state index contributed by atoms with van der Waals surface area (Å²) < 4.78 is 2.72. The number of piperidine rings is 1. The molecule has 1 aromatic heterocycles. The molecule has 1 aliphatic rings. The lowest BCUT2D eigenvalue weighted by atomic mass is 10.0. The largest absolute Gasteiger partial charge is 0.339 e. The zero-order valence-corrected chi connectivity index (χ0v) is 14.1. The number of hydrogen-bond acceptors (Lipinski definition) is 3. The van der Waals surface area contributed by atoms with Crippen molar-refractivity contribution in [3.63, 3.8) is 0 Å². The maximum absolute atomic E-state index is 12.6. The van der Waals surface area contributed by atoms with Gasteiger partial charge < -0.3 is 10.2 Å². The number of amides is 1. The SMILES string of the molecule is CN(C(=O)c1cnn(-c2cccc(Br)c2)c1)C1CCNCC1. The number of carbonyl (C=O) groups is 1. The summed E-state index contributed by atoms with van der Waals surface area (Å²) in [7, 11) is 1.88. The Kier molecular flexibility index (Phi) is 4.59. The molecular formula is C16H19BrN4O. The molecule has 1 saturated heterocycles. The van der Waals surface area contributed by atoms with E-state index < -0.39 is 0 Å². The van der Waals surface area contributed by atoms with Crippen LogP contribution in [0.15, 0.2) is 41.1 Å². The van der Waals surface area contributed by atoms with Crippen molar-refractivity contribution < 1.29 is 4.79 Å². The average Bonchev–Trinajstić information content (AvgIpc) is 3.04. The predicted octanol–water partition coefficient (Wildman–Crippen LogP) is 2.46. The number of aromatic nitrogens is 2. The lowest BCUT2D eigenvalue weighted by molar-refractivity contribution is 0.0703. The van der Waals surface area contributed by atoms with Crippen molar-refractivity contribution in [2.75, 3.05) is 20.1 Å². The van der Waals surface area contributed by atoms with E-state index in [1.165, 1.54) is 0 Å².